The Kier molecular flexibility index (Phi) is 6.99. The molecule has 6 nitrogen and oxygen atoms in total. The van der Waals surface area contributed by atoms with Crippen LogP contribution in [-0.4, -0.2) is 49.9 Å². The van der Waals surface area contributed by atoms with E-state index in [1.54, 1.807) is 14.2 Å². The molecule has 0 amide bonds. The lowest BCUT2D eigenvalue weighted by Crippen LogP contribution is -2.41. The van der Waals surface area contributed by atoms with Gasteiger partial charge in [0.1, 0.15) is 5.75 Å². The summed E-state index contributed by atoms with van der Waals surface area (Å²) in [6.07, 6.45) is 1.56. The zero-order valence-electron chi connectivity index (χ0n) is 17.3. The van der Waals surface area contributed by atoms with E-state index in [0.29, 0.717) is 31.1 Å². The molecule has 1 aliphatic rings. The largest absolute Gasteiger partial charge is 0.494 e. The third-order valence-corrected chi connectivity index (χ3v) is 5.38. The highest BCUT2D eigenvalue weighted by atomic mass is 16.5. The van der Waals surface area contributed by atoms with Gasteiger partial charge in [-0.2, -0.15) is 0 Å². The van der Waals surface area contributed by atoms with E-state index in [1.807, 2.05) is 43.3 Å². The maximum absolute atomic E-state index is 11.6. The molecule has 156 valence electrons. The minimum Gasteiger partial charge on any atom is -0.494 e. The fourth-order valence-corrected chi connectivity index (χ4v) is 4.02. The lowest BCUT2D eigenvalue weighted by molar-refractivity contribution is -0.143. The molecule has 0 aromatic heterocycles. The summed E-state index contributed by atoms with van der Waals surface area (Å²) in [5.74, 6) is 1.04. The summed E-state index contributed by atoms with van der Waals surface area (Å²) < 4.78 is 16.6. The monoisotopic (exact) mass is 399 g/mol. The van der Waals surface area contributed by atoms with Gasteiger partial charge in [0.25, 0.3) is 0 Å². The van der Waals surface area contributed by atoms with Crippen molar-refractivity contribution in [3.8, 4) is 17.2 Å². The van der Waals surface area contributed by atoms with Crippen LogP contribution in [-0.2, 0) is 4.79 Å². The summed E-state index contributed by atoms with van der Waals surface area (Å²) >= 11 is 0. The van der Waals surface area contributed by atoms with E-state index in [4.69, 9.17) is 14.2 Å². The average Bonchev–Trinajstić information content (AvgIpc) is 2.74. The van der Waals surface area contributed by atoms with Crippen LogP contribution in [0.2, 0.25) is 0 Å². The fourth-order valence-electron chi connectivity index (χ4n) is 4.02. The van der Waals surface area contributed by atoms with Gasteiger partial charge in [-0.15, -0.1) is 0 Å². The third-order valence-electron chi connectivity index (χ3n) is 5.38. The molecule has 0 saturated carbocycles. The van der Waals surface area contributed by atoms with E-state index in [9.17, 15) is 9.90 Å². The van der Waals surface area contributed by atoms with Crippen molar-refractivity contribution in [2.45, 2.75) is 25.8 Å². The Morgan fingerprint density at radius 1 is 1.14 bits per heavy atom. The van der Waals surface area contributed by atoms with E-state index >= 15 is 0 Å². The van der Waals surface area contributed by atoms with E-state index in [-0.39, 0.29) is 12.0 Å². The number of carboxylic acids is 1. The van der Waals surface area contributed by atoms with Crippen molar-refractivity contribution >= 4 is 5.97 Å². The van der Waals surface area contributed by atoms with Crippen LogP contribution in [0.5, 0.6) is 17.2 Å². The molecule has 2 aromatic rings. The Morgan fingerprint density at radius 2 is 1.90 bits per heavy atom. The second-order valence-corrected chi connectivity index (χ2v) is 7.19. The standard InChI is InChI=1S/C23H29NO5/c1-4-29-19-9-5-7-16(13-19)22(24-12-6-8-18(15-24)23(25)26)17-10-11-20(27-2)21(14-17)28-3/h5,7,9-11,13-14,18,22H,4,6,8,12,15H2,1-3H3,(H,25,26). The lowest BCUT2D eigenvalue weighted by Gasteiger charge is -2.37. The Labute approximate surface area is 172 Å². The number of hydrogen-bond acceptors (Lipinski definition) is 5. The average molecular weight is 399 g/mol. The lowest BCUT2D eigenvalue weighted by atomic mass is 9.91. The number of benzene rings is 2. The number of hydrogen-bond donors (Lipinski definition) is 1. The molecular formula is C23H29NO5. The van der Waals surface area contributed by atoms with Crippen molar-refractivity contribution in [3.05, 3.63) is 53.6 Å². The van der Waals surface area contributed by atoms with Gasteiger partial charge in [-0.25, -0.2) is 0 Å². The molecule has 0 aliphatic carbocycles. The third kappa shape index (κ3) is 4.82. The number of ether oxygens (including phenoxy) is 3. The Morgan fingerprint density at radius 3 is 2.59 bits per heavy atom. The van der Waals surface area contributed by atoms with Crippen molar-refractivity contribution in [3.63, 3.8) is 0 Å². The summed E-state index contributed by atoms with van der Waals surface area (Å²) in [5.41, 5.74) is 2.09. The molecule has 2 atom stereocenters. The summed E-state index contributed by atoms with van der Waals surface area (Å²) in [6.45, 7) is 3.89. The van der Waals surface area contributed by atoms with Gasteiger partial charge in [-0.05, 0) is 61.7 Å². The maximum Gasteiger partial charge on any atom is 0.307 e. The molecule has 1 aliphatic heterocycles. The first kappa shape index (κ1) is 21.0. The topological polar surface area (TPSA) is 68.2 Å². The minimum atomic E-state index is -0.733. The van der Waals surface area contributed by atoms with Gasteiger partial charge in [0.05, 0.1) is 32.8 Å². The van der Waals surface area contributed by atoms with Gasteiger partial charge in [-0.3, -0.25) is 9.69 Å². The predicted molar refractivity (Wildman–Crippen MR) is 111 cm³/mol. The van der Waals surface area contributed by atoms with E-state index in [0.717, 1.165) is 29.8 Å². The van der Waals surface area contributed by atoms with Crippen molar-refractivity contribution in [1.82, 2.24) is 4.90 Å². The second-order valence-electron chi connectivity index (χ2n) is 7.19. The number of likely N-dealkylation sites (tertiary alicyclic amines) is 1. The van der Waals surface area contributed by atoms with E-state index in [2.05, 4.69) is 11.0 Å². The normalized spacial score (nSPS) is 18.1. The Balaban J connectivity index is 2.04. The zero-order chi connectivity index (χ0) is 20.8. The van der Waals surface area contributed by atoms with Gasteiger partial charge >= 0.3 is 5.97 Å². The van der Waals surface area contributed by atoms with Gasteiger partial charge < -0.3 is 19.3 Å². The van der Waals surface area contributed by atoms with E-state index < -0.39 is 5.97 Å². The van der Waals surface area contributed by atoms with Gasteiger partial charge in [0.2, 0.25) is 0 Å². The van der Waals surface area contributed by atoms with Crippen LogP contribution >= 0.6 is 0 Å². The van der Waals surface area contributed by atoms with Crippen molar-refractivity contribution < 1.29 is 24.1 Å². The second kappa shape index (κ2) is 9.65. The zero-order valence-corrected chi connectivity index (χ0v) is 17.3. The first-order valence-corrected chi connectivity index (χ1v) is 9.98. The molecule has 0 spiro atoms. The first-order valence-electron chi connectivity index (χ1n) is 9.98. The van der Waals surface area contributed by atoms with Gasteiger partial charge in [0, 0.05) is 6.54 Å². The Hall–Kier alpha value is -2.73. The number of carboxylic acid groups (broad SMARTS) is 1. The Bertz CT molecular complexity index is 838. The quantitative estimate of drug-likeness (QED) is 0.724. The molecule has 1 N–H and O–H groups in total. The minimum absolute atomic E-state index is 0.0997. The highest BCUT2D eigenvalue weighted by Crippen LogP contribution is 2.38. The predicted octanol–water partition coefficient (Wildman–Crippen LogP) is 3.99. The molecule has 1 heterocycles. The van der Waals surface area contributed by atoms with Gasteiger partial charge in [0.15, 0.2) is 11.5 Å². The molecule has 0 bridgehead atoms. The first-order chi connectivity index (χ1) is 14.1. The van der Waals surface area contributed by atoms with Crippen LogP contribution < -0.4 is 14.2 Å². The number of rotatable bonds is 8. The maximum atomic E-state index is 11.6. The molecule has 2 aromatic carbocycles. The van der Waals surface area contributed by atoms with Crippen LogP contribution in [0.15, 0.2) is 42.5 Å². The number of methoxy groups -OCH3 is 2. The molecule has 29 heavy (non-hydrogen) atoms. The molecule has 3 rings (SSSR count). The van der Waals surface area contributed by atoms with Crippen molar-refractivity contribution in [2.24, 2.45) is 5.92 Å². The molecular weight excluding hydrogens is 370 g/mol. The van der Waals surface area contributed by atoms with Crippen LogP contribution in [0.1, 0.15) is 36.9 Å². The number of nitrogens with zero attached hydrogens (tertiary/aromatic N) is 1. The highest BCUT2D eigenvalue weighted by Gasteiger charge is 2.32. The van der Waals surface area contributed by atoms with Crippen molar-refractivity contribution in [1.29, 1.82) is 0 Å². The molecule has 0 radical (unpaired) electrons. The fraction of sp³-hybridized carbons (Fsp3) is 0.435. The summed E-state index contributed by atoms with van der Waals surface area (Å²) in [5, 5.41) is 9.56. The molecule has 6 heteroatoms. The smallest absolute Gasteiger partial charge is 0.307 e. The molecule has 1 fully saturated rings. The summed E-state index contributed by atoms with van der Waals surface area (Å²) in [7, 11) is 3.23. The molecule has 1 saturated heterocycles. The molecule has 2 unspecified atom stereocenters. The van der Waals surface area contributed by atoms with Crippen LogP contribution in [0.3, 0.4) is 0 Å². The SMILES string of the molecule is CCOc1cccc(C(c2ccc(OC)c(OC)c2)N2CCCC(C(=O)O)C2)c1. The highest BCUT2D eigenvalue weighted by molar-refractivity contribution is 5.70. The van der Waals surface area contributed by atoms with Gasteiger partial charge in [-0.1, -0.05) is 18.2 Å². The number of carbonyl (C=O) groups is 1. The number of aliphatic carboxylic acids is 1. The number of piperidine rings is 1. The van der Waals surface area contributed by atoms with Crippen LogP contribution in [0, 0.1) is 5.92 Å². The van der Waals surface area contributed by atoms with Crippen molar-refractivity contribution in [2.75, 3.05) is 33.9 Å². The van der Waals surface area contributed by atoms with E-state index in [1.165, 1.54) is 0 Å². The summed E-state index contributed by atoms with van der Waals surface area (Å²) in [4.78, 5) is 13.9. The summed E-state index contributed by atoms with van der Waals surface area (Å²) in [6, 6.07) is 13.8. The van der Waals surface area contributed by atoms with Crippen LogP contribution in [0.25, 0.3) is 0 Å². The van der Waals surface area contributed by atoms with Crippen LogP contribution in [0.4, 0.5) is 0 Å².